The molecule has 0 atom stereocenters. The van der Waals surface area contributed by atoms with E-state index in [1.807, 2.05) is 52.5 Å². The number of benzene rings is 2. The van der Waals surface area contributed by atoms with Gasteiger partial charge in [0.05, 0.1) is 10.5 Å². The number of anilines is 2. The summed E-state index contributed by atoms with van der Waals surface area (Å²) in [6.07, 6.45) is 3.37. The average Bonchev–Trinajstić information content (AvgIpc) is 3.49. The van der Waals surface area contributed by atoms with E-state index in [-0.39, 0.29) is 0 Å². The third kappa shape index (κ3) is 4.54. The Labute approximate surface area is 203 Å². The normalized spacial score (nSPS) is 11.1. The van der Waals surface area contributed by atoms with Crippen molar-refractivity contribution in [1.29, 1.82) is 0 Å². The van der Waals surface area contributed by atoms with Gasteiger partial charge in [-0.05, 0) is 47.8 Å². The third-order valence-corrected chi connectivity index (χ3v) is 6.42. The Morgan fingerprint density at radius 1 is 1.15 bits per heavy atom. The number of nitrogens with one attached hydrogen (secondary N) is 2. The van der Waals surface area contributed by atoms with Crippen LogP contribution in [0.3, 0.4) is 0 Å². The molecule has 5 aromatic rings. The minimum Gasteiger partial charge on any atom is -0.455 e. The molecular formula is C24H20ClN5O3S. The zero-order valence-corrected chi connectivity index (χ0v) is 19.4. The Morgan fingerprint density at radius 3 is 2.91 bits per heavy atom. The molecule has 3 aromatic heterocycles. The smallest absolute Gasteiger partial charge is 0.245 e. The van der Waals surface area contributed by atoms with E-state index in [1.165, 1.54) is 6.33 Å². The molecule has 0 aliphatic rings. The summed E-state index contributed by atoms with van der Waals surface area (Å²) in [4.78, 5) is 20.0. The molecule has 3 N–H and O–H groups in total. The molecule has 0 aliphatic carbocycles. The highest BCUT2D eigenvalue weighted by atomic mass is 35.5. The van der Waals surface area contributed by atoms with Crippen LogP contribution in [0.5, 0.6) is 11.5 Å². The topological polar surface area (TPSA) is 101 Å². The van der Waals surface area contributed by atoms with Gasteiger partial charge < -0.3 is 25.0 Å². The fourth-order valence-corrected chi connectivity index (χ4v) is 4.68. The summed E-state index contributed by atoms with van der Waals surface area (Å²) in [5.41, 5.74) is 2.30. The number of thiophene rings is 1. The lowest BCUT2D eigenvalue weighted by atomic mass is 10.2. The van der Waals surface area contributed by atoms with Gasteiger partial charge in [0, 0.05) is 35.1 Å². The standard InChI is InChI=1S/C24H20ClN5O3S/c25-17-12-15(4-5-20(17)33-19-2-1-3-21-16(19)7-11-34-21)29-24-23-18(27-14-28-24)6-9-30(23)10-8-26-22(32)13-31/h1-7,9,11-12,14,31H,8,10,13H2,(H,26,32)(H,27,28,29). The maximum absolute atomic E-state index is 11.3. The van der Waals surface area contributed by atoms with E-state index >= 15 is 0 Å². The van der Waals surface area contributed by atoms with Crippen LogP contribution in [-0.4, -0.2) is 38.7 Å². The number of rotatable bonds is 8. The number of hydrogen-bond donors (Lipinski definition) is 3. The minimum atomic E-state index is -0.536. The molecule has 1 amide bonds. The summed E-state index contributed by atoms with van der Waals surface area (Å²) >= 11 is 8.21. The number of hydrogen-bond acceptors (Lipinski definition) is 7. The number of aliphatic hydroxyl groups excluding tert-OH is 1. The summed E-state index contributed by atoms with van der Waals surface area (Å²) < 4.78 is 9.19. The zero-order chi connectivity index (χ0) is 23.5. The summed E-state index contributed by atoms with van der Waals surface area (Å²) in [6.45, 7) is 0.330. The summed E-state index contributed by atoms with van der Waals surface area (Å²) in [5.74, 6) is 1.50. The molecule has 2 aromatic carbocycles. The number of aliphatic hydroxyl groups is 1. The second-order valence-corrected chi connectivity index (χ2v) is 8.79. The second kappa shape index (κ2) is 9.68. The van der Waals surface area contributed by atoms with Crippen LogP contribution >= 0.6 is 22.9 Å². The predicted molar refractivity (Wildman–Crippen MR) is 134 cm³/mol. The lowest BCUT2D eigenvalue weighted by Crippen LogP contribution is -2.29. The Kier molecular flexibility index (Phi) is 6.31. The van der Waals surface area contributed by atoms with Gasteiger partial charge in [-0.25, -0.2) is 9.97 Å². The van der Waals surface area contributed by atoms with Gasteiger partial charge in [-0.1, -0.05) is 17.7 Å². The highest BCUT2D eigenvalue weighted by Crippen LogP contribution is 2.37. The van der Waals surface area contributed by atoms with E-state index in [1.54, 1.807) is 17.4 Å². The van der Waals surface area contributed by atoms with Crippen molar-refractivity contribution >= 4 is 61.5 Å². The Hall–Kier alpha value is -3.66. The Balaban J connectivity index is 1.37. The van der Waals surface area contributed by atoms with E-state index in [0.29, 0.717) is 29.7 Å². The first kappa shape index (κ1) is 22.1. The first-order valence-corrected chi connectivity index (χ1v) is 11.8. The van der Waals surface area contributed by atoms with E-state index in [2.05, 4.69) is 26.7 Å². The first-order valence-electron chi connectivity index (χ1n) is 10.5. The van der Waals surface area contributed by atoms with Crippen molar-refractivity contribution in [3.8, 4) is 11.5 Å². The van der Waals surface area contributed by atoms with E-state index < -0.39 is 12.5 Å². The molecule has 0 aliphatic heterocycles. The fraction of sp³-hybridized carbons (Fsp3) is 0.125. The third-order valence-electron chi connectivity index (χ3n) is 5.24. The van der Waals surface area contributed by atoms with Crippen LogP contribution in [0.15, 0.2) is 66.4 Å². The quantitative estimate of drug-likeness (QED) is 0.283. The monoisotopic (exact) mass is 493 g/mol. The van der Waals surface area contributed by atoms with Crippen molar-refractivity contribution in [2.45, 2.75) is 6.54 Å². The van der Waals surface area contributed by atoms with Gasteiger partial charge in [0.25, 0.3) is 0 Å². The molecule has 0 saturated carbocycles. The molecule has 8 nitrogen and oxygen atoms in total. The van der Waals surface area contributed by atoms with Crippen molar-refractivity contribution in [1.82, 2.24) is 19.9 Å². The van der Waals surface area contributed by atoms with Crippen LogP contribution in [0.1, 0.15) is 0 Å². The van der Waals surface area contributed by atoms with Crippen molar-refractivity contribution in [3.05, 3.63) is 71.5 Å². The van der Waals surface area contributed by atoms with Crippen LogP contribution in [0.25, 0.3) is 21.1 Å². The summed E-state index contributed by atoms with van der Waals surface area (Å²) in [5, 5.41) is 18.4. The fourth-order valence-electron chi connectivity index (χ4n) is 3.65. The SMILES string of the molecule is O=C(CO)NCCn1ccc2ncnc(Nc3ccc(Oc4cccc5sccc45)c(Cl)c3)c21. The predicted octanol–water partition coefficient (Wildman–Crippen LogP) is 4.94. The number of fused-ring (bicyclic) bond motifs is 2. The highest BCUT2D eigenvalue weighted by Gasteiger charge is 2.12. The van der Waals surface area contributed by atoms with Crippen molar-refractivity contribution < 1.29 is 14.6 Å². The van der Waals surface area contributed by atoms with Gasteiger partial charge in [-0.3, -0.25) is 4.79 Å². The van der Waals surface area contributed by atoms with Gasteiger partial charge in [-0.15, -0.1) is 11.3 Å². The van der Waals surface area contributed by atoms with E-state index in [9.17, 15) is 4.79 Å². The summed E-state index contributed by atoms with van der Waals surface area (Å²) in [6, 6.07) is 15.3. The van der Waals surface area contributed by atoms with Crippen LogP contribution in [0.4, 0.5) is 11.5 Å². The number of carbonyl (C=O) groups excluding carboxylic acids is 1. The average molecular weight is 494 g/mol. The highest BCUT2D eigenvalue weighted by molar-refractivity contribution is 7.17. The zero-order valence-electron chi connectivity index (χ0n) is 17.9. The van der Waals surface area contributed by atoms with Crippen molar-refractivity contribution in [3.63, 3.8) is 0 Å². The molecule has 34 heavy (non-hydrogen) atoms. The molecule has 10 heteroatoms. The molecule has 3 heterocycles. The number of aromatic nitrogens is 3. The molecule has 0 bridgehead atoms. The van der Waals surface area contributed by atoms with Gasteiger partial charge in [0.15, 0.2) is 5.82 Å². The number of amides is 1. The van der Waals surface area contributed by atoms with Crippen LogP contribution in [0.2, 0.25) is 5.02 Å². The van der Waals surface area contributed by atoms with E-state index in [0.717, 1.165) is 32.6 Å². The molecular weight excluding hydrogens is 474 g/mol. The van der Waals surface area contributed by atoms with Crippen molar-refractivity contribution in [2.24, 2.45) is 0 Å². The molecule has 172 valence electrons. The molecule has 5 rings (SSSR count). The largest absolute Gasteiger partial charge is 0.455 e. The lowest BCUT2D eigenvalue weighted by Gasteiger charge is -2.13. The number of carbonyl (C=O) groups is 1. The second-order valence-electron chi connectivity index (χ2n) is 7.43. The number of halogens is 1. The van der Waals surface area contributed by atoms with Gasteiger partial charge in [-0.2, -0.15) is 0 Å². The molecule has 0 radical (unpaired) electrons. The Bertz CT molecular complexity index is 1480. The van der Waals surface area contributed by atoms with Gasteiger partial charge in [0.1, 0.15) is 29.9 Å². The van der Waals surface area contributed by atoms with Crippen molar-refractivity contribution in [2.75, 3.05) is 18.5 Å². The first-order chi connectivity index (χ1) is 16.6. The maximum atomic E-state index is 11.3. The number of ether oxygens (including phenoxy) is 1. The van der Waals surface area contributed by atoms with E-state index in [4.69, 9.17) is 21.4 Å². The van der Waals surface area contributed by atoms with Crippen LogP contribution in [0, 0.1) is 0 Å². The molecule has 0 unspecified atom stereocenters. The van der Waals surface area contributed by atoms with Crippen LogP contribution < -0.4 is 15.4 Å². The van der Waals surface area contributed by atoms with Gasteiger partial charge >= 0.3 is 0 Å². The lowest BCUT2D eigenvalue weighted by molar-refractivity contribution is -0.123. The number of nitrogens with zero attached hydrogens (tertiary/aromatic N) is 3. The molecule has 0 saturated heterocycles. The molecule has 0 spiro atoms. The summed E-state index contributed by atoms with van der Waals surface area (Å²) in [7, 11) is 0. The van der Waals surface area contributed by atoms with Crippen LogP contribution in [-0.2, 0) is 11.3 Å². The Morgan fingerprint density at radius 2 is 2.06 bits per heavy atom. The minimum absolute atomic E-state index is 0.367. The molecule has 0 fully saturated rings. The van der Waals surface area contributed by atoms with Gasteiger partial charge in [0.2, 0.25) is 5.91 Å². The maximum Gasteiger partial charge on any atom is 0.245 e.